The van der Waals surface area contributed by atoms with Crippen molar-refractivity contribution in [3.8, 4) is 0 Å². The van der Waals surface area contributed by atoms with Crippen molar-refractivity contribution in [3.05, 3.63) is 0 Å². The molecule has 17 atom stereocenters. The third kappa shape index (κ3) is 6.45. The molecule has 4 nitrogen and oxygen atoms in total. The molecule has 4 heteroatoms. The van der Waals surface area contributed by atoms with Gasteiger partial charge in [0.25, 0.3) is 0 Å². The summed E-state index contributed by atoms with van der Waals surface area (Å²) < 4.78 is 7.62. The van der Waals surface area contributed by atoms with Crippen LogP contribution in [0.5, 0.6) is 0 Å². The van der Waals surface area contributed by atoms with Gasteiger partial charge in [0.05, 0.1) is 30.7 Å². The largest absolute Gasteiger partial charge is 0.374 e. The number of fused-ring (bicyclic) bond motifs is 7. The lowest BCUT2D eigenvalue weighted by molar-refractivity contribution is -0.0860. The lowest BCUT2D eigenvalue weighted by atomic mass is 9.54. The highest BCUT2D eigenvalue weighted by Crippen LogP contribution is 2.60. The summed E-state index contributed by atoms with van der Waals surface area (Å²) >= 11 is 0. The van der Waals surface area contributed by atoms with E-state index in [2.05, 4.69) is 16.0 Å². The van der Waals surface area contributed by atoms with Gasteiger partial charge in [-0.2, -0.15) is 0 Å². The summed E-state index contributed by atoms with van der Waals surface area (Å²) in [7, 11) is 0. The van der Waals surface area contributed by atoms with Gasteiger partial charge in [-0.05, 0) is 160 Å². The van der Waals surface area contributed by atoms with Gasteiger partial charge in [-0.1, -0.05) is 89.9 Å². The Labute approximate surface area is 301 Å². The Morgan fingerprint density at radius 1 is 0.306 bits per heavy atom. The second-order valence-electron chi connectivity index (χ2n) is 20.6. The van der Waals surface area contributed by atoms with E-state index in [9.17, 15) is 0 Å². The fourth-order valence-corrected chi connectivity index (χ4v) is 16.2. The first kappa shape index (κ1) is 33.4. The molecule has 10 fully saturated rings. The number of ether oxygens (including phenoxy) is 1. The first-order chi connectivity index (χ1) is 24.3. The summed E-state index contributed by atoms with van der Waals surface area (Å²) in [6.07, 6.45) is 42.8. The van der Waals surface area contributed by atoms with E-state index < -0.39 is 0 Å². The predicted octanol–water partition coefficient (Wildman–Crippen LogP) is 10.2. The standard InChI is InChI=1S/C45H75N3O/c1-2-13-30(14-3-1)43-46-44(34-24-22-29-12-5-7-16-32(29)26-34)48-45(47-43)39-27-40-41(37-18-9-8-17-36(37)39)38-20-10-19-35(42(38)49-40)33-23-21-28-11-4-6-15-31(28)25-33/h28-48H,1-27H2. The van der Waals surface area contributed by atoms with E-state index >= 15 is 0 Å². The lowest BCUT2D eigenvalue weighted by Gasteiger charge is -2.55. The number of hydrogen-bond donors (Lipinski definition) is 3. The summed E-state index contributed by atoms with van der Waals surface area (Å²) in [5.41, 5.74) is 0. The Morgan fingerprint density at radius 3 is 1.57 bits per heavy atom. The van der Waals surface area contributed by atoms with E-state index in [0.717, 1.165) is 76.9 Å². The molecule has 0 aromatic rings. The Kier molecular flexibility index (Phi) is 9.94. The van der Waals surface area contributed by atoms with Gasteiger partial charge in [0.2, 0.25) is 0 Å². The minimum atomic E-state index is 0.470. The second kappa shape index (κ2) is 14.6. The molecular weight excluding hydrogens is 599 g/mol. The van der Waals surface area contributed by atoms with E-state index in [4.69, 9.17) is 4.74 Å². The summed E-state index contributed by atoms with van der Waals surface area (Å²) in [6, 6.07) is 0. The van der Waals surface area contributed by atoms with Crippen LogP contribution in [0, 0.1) is 76.9 Å². The fraction of sp³-hybridized carbons (Fsp3) is 1.00. The minimum absolute atomic E-state index is 0.470. The van der Waals surface area contributed by atoms with Gasteiger partial charge >= 0.3 is 0 Å². The SMILES string of the molecule is C1CCC(C2NC(C3CCC4CCCCC4C3)NC(C3CC4OC5C(C6CCC7CCCCC7C6)CCCC5C4C4CCCCC34)N2)CC1. The normalized spacial score (nSPS) is 53.8. The van der Waals surface area contributed by atoms with Gasteiger partial charge in [0, 0.05) is 0 Å². The van der Waals surface area contributed by atoms with Gasteiger partial charge in [-0.25, -0.2) is 0 Å². The van der Waals surface area contributed by atoms with E-state index in [1.807, 2.05) is 0 Å². The molecule has 10 rings (SSSR count). The Morgan fingerprint density at radius 2 is 0.816 bits per heavy atom. The van der Waals surface area contributed by atoms with Crippen molar-refractivity contribution < 1.29 is 4.74 Å². The third-order valence-electron chi connectivity index (χ3n) is 18.5. The van der Waals surface area contributed by atoms with Crippen molar-refractivity contribution >= 4 is 0 Å². The maximum atomic E-state index is 7.62. The highest BCUT2D eigenvalue weighted by Gasteiger charge is 2.59. The van der Waals surface area contributed by atoms with E-state index in [0.29, 0.717) is 30.7 Å². The average molecular weight is 674 g/mol. The first-order valence-corrected chi connectivity index (χ1v) is 23.2. The molecule has 0 spiro atoms. The summed E-state index contributed by atoms with van der Waals surface area (Å²) in [6.45, 7) is 0. The molecule has 2 aliphatic heterocycles. The van der Waals surface area contributed by atoms with Crippen molar-refractivity contribution in [2.75, 3.05) is 0 Å². The summed E-state index contributed by atoms with van der Waals surface area (Å²) in [4.78, 5) is 0. The van der Waals surface area contributed by atoms with Gasteiger partial charge < -0.3 is 4.74 Å². The smallest absolute Gasteiger partial charge is 0.0641 e. The van der Waals surface area contributed by atoms with E-state index in [1.54, 1.807) is 25.7 Å². The van der Waals surface area contributed by atoms with Crippen LogP contribution >= 0.6 is 0 Å². The number of hydrogen-bond acceptors (Lipinski definition) is 4. The van der Waals surface area contributed by atoms with Crippen LogP contribution < -0.4 is 16.0 Å². The summed E-state index contributed by atoms with van der Waals surface area (Å²) in [5.74, 6) is 12.0. The van der Waals surface area contributed by atoms with Crippen molar-refractivity contribution in [3.63, 3.8) is 0 Å². The van der Waals surface area contributed by atoms with Crippen LogP contribution in [0.3, 0.4) is 0 Å². The molecule has 2 saturated heterocycles. The zero-order valence-corrected chi connectivity index (χ0v) is 31.4. The Hall–Kier alpha value is -0.160. The minimum Gasteiger partial charge on any atom is -0.374 e. The highest BCUT2D eigenvalue weighted by molar-refractivity contribution is 5.08. The van der Waals surface area contributed by atoms with Crippen LogP contribution in [0.4, 0.5) is 0 Å². The van der Waals surface area contributed by atoms with E-state index in [1.165, 1.54) is 148 Å². The zero-order chi connectivity index (χ0) is 32.3. The van der Waals surface area contributed by atoms with Crippen LogP contribution in [0.2, 0.25) is 0 Å². The molecule has 8 saturated carbocycles. The zero-order valence-electron chi connectivity index (χ0n) is 31.4. The van der Waals surface area contributed by atoms with Crippen molar-refractivity contribution in [2.45, 2.75) is 204 Å². The Bertz CT molecular complexity index is 1110. The maximum absolute atomic E-state index is 7.62. The fourth-order valence-electron chi connectivity index (χ4n) is 16.2. The highest BCUT2D eigenvalue weighted by atomic mass is 16.5. The van der Waals surface area contributed by atoms with Crippen LogP contribution in [-0.2, 0) is 4.74 Å². The molecule has 0 bridgehead atoms. The average Bonchev–Trinajstić information content (AvgIpc) is 3.56. The van der Waals surface area contributed by atoms with Crippen molar-refractivity contribution in [1.82, 2.24) is 16.0 Å². The van der Waals surface area contributed by atoms with Gasteiger partial charge in [-0.3, -0.25) is 16.0 Å². The number of rotatable bonds is 4. The molecule has 49 heavy (non-hydrogen) atoms. The first-order valence-electron chi connectivity index (χ1n) is 23.2. The molecule has 10 aliphatic rings. The number of nitrogens with one attached hydrogen (secondary N) is 3. The van der Waals surface area contributed by atoms with Crippen LogP contribution in [0.25, 0.3) is 0 Å². The van der Waals surface area contributed by atoms with Crippen LogP contribution in [0.1, 0.15) is 173 Å². The second-order valence-corrected chi connectivity index (χ2v) is 20.6. The topological polar surface area (TPSA) is 45.3 Å². The molecule has 8 aliphatic carbocycles. The molecule has 0 aromatic heterocycles. The molecule has 3 N–H and O–H groups in total. The molecule has 0 aromatic carbocycles. The van der Waals surface area contributed by atoms with Crippen LogP contribution in [-0.4, -0.2) is 30.7 Å². The van der Waals surface area contributed by atoms with Crippen molar-refractivity contribution in [2.24, 2.45) is 76.9 Å². The molecule has 276 valence electrons. The quantitative estimate of drug-likeness (QED) is 0.278. The molecular formula is C45H75N3O. The third-order valence-corrected chi connectivity index (χ3v) is 18.5. The van der Waals surface area contributed by atoms with Crippen LogP contribution in [0.15, 0.2) is 0 Å². The molecule has 2 heterocycles. The van der Waals surface area contributed by atoms with Crippen molar-refractivity contribution in [1.29, 1.82) is 0 Å². The lowest BCUT2D eigenvalue weighted by Crippen LogP contribution is -2.73. The van der Waals surface area contributed by atoms with Gasteiger partial charge in [-0.15, -0.1) is 0 Å². The predicted molar refractivity (Wildman–Crippen MR) is 199 cm³/mol. The summed E-state index contributed by atoms with van der Waals surface area (Å²) in [5, 5.41) is 13.2. The molecule has 0 radical (unpaired) electrons. The van der Waals surface area contributed by atoms with Gasteiger partial charge in [0.15, 0.2) is 0 Å². The molecule has 17 unspecified atom stereocenters. The monoisotopic (exact) mass is 674 g/mol. The maximum Gasteiger partial charge on any atom is 0.0641 e. The van der Waals surface area contributed by atoms with Gasteiger partial charge in [0.1, 0.15) is 0 Å². The molecule has 0 amide bonds. The van der Waals surface area contributed by atoms with E-state index in [-0.39, 0.29) is 0 Å². The Balaban J connectivity index is 0.890.